The highest BCUT2D eigenvalue weighted by Gasteiger charge is 2.80. The molecule has 1 aromatic rings. The van der Waals surface area contributed by atoms with E-state index >= 15 is 17.6 Å². The molecule has 12 heteroatoms. The van der Waals surface area contributed by atoms with E-state index in [0.717, 1.165) is 114 Å². The van der Waals surface area contributed by atoms with Gasteiger partial charge in [-0.1, -0.05) is 83.1 Å². The van der Waals surface area contributed by atoms with Crippen LogP contribution in [0.3, 0.4) is 0 Å². The molecule has 0 saturated heterocycles. The minimum Gasteiger partial charge on any atom is -0.281 e. The molecule has 45 heavy (non-hydrogen) atoms. The molecule has 1 unspecified atom stereocenters. The Morgan fingerprint density at radius 2 is 0.889 bits per heavy atom. The first-order valence-electron chi connectivity index (χ1n) is 16.9. The summed E-state index contributed by atoms with van der Waals surface area (Å²) in [6.45, 7) is 0. The fraction of sp³-hybridized carbons (Fsp3) is 0.818. The fourth-order valence-corrected chi connectivity index (χ4v) is 10.7. The maximum atomic E-state index is 16.0. The molecule has 4 fully saturated rings. The maximum absolute atomic E-state index is 16.0. The van der Waals surface area contributed by atoms with Gasteiger partial charge in [-0.3, -0.25) is 4.55 Å². The number of rotatable bonds is 9. The Labute approximate surface area is 265 Å². The van der Waals surface area contributed by atoms with Crippen LogP contribution >= 0.6 is 0 Å². The van der Waals surface area contributed by atoms with Crippen LogP contribution < -0.4 is 0 Å². The van der Waals surface area contributed by atoms with Crippen LogP contribution in [0.25, 0.3) is 0 Å². The second kappa shape index (κ2) is 13.8. The molecule has 0 aromatic heterocycles. The molecule has 256 valence electrons. The van der Waals surface area contributed by atoms with Gasteiger partial charge in [0.1, 0.15) is 10.8 Å². The Morgan fingerprint density at radius 1 is 0.578 bits per heavy atom. The van der Waals surface area contributed by atoms with Crippen molar-refractivity contribution in [3.63, 3.8) is 0 Å². The highest BCUT2D eigenvalue weighted by molar-refractivity contribution is 7.87. The highest BCUT2D eigenvalue weighted by Crippen LogP contribution is 2.56. The molecular formula is C33H46F6O4S2. The van der Waals surface area contributed by atoms with Gasteiger partial charge in [0.05, 0.1) is 4.90 Å². The summed E-state index contributed by atoms with van der Waals surface area (Å²) in [6.07, 6.45) is 16.0. The summed E-state index contributed by atoms with van der Waals surface area (Å²) in [5, 5.41) is -12.5. The zero-order valence-corrected chi connectivity index (χ0v) is 27.4. The van der Waals surface area contributed by atoms with Crippen LogP contribution in [0.15, 0.2) is 11.0 Å². The number of hydrogen-bond donors (Lipinski definition) is 1. The number of alkyl halides is 6. The minimum atomic E-state index is -6.97. The molecule has 4 aliphatic rings. The minimum absolute atomic E-state index is 0.0532. The van der Waals surface area contributed by atoms with Gasteiger partial charge in [-0.05, 0) is 97.3 Å². The number of benzene rings is 1. The Hall–Kier alpha value is -1.14. The average Bonchev–Trinajstić information content (AvgIpc) is 3.04. The summed E-state index contributed by atoms with van der Waals surface area (Å²) >= 11 is 0. The normalized spacial score (nSPS) is 23.7. The molecular weight excluding hydrogens is 638 g/mol. The molecule has 0 spiro atoms. The zero-order valence-electron chi connectivity index (χ0n) is 25.8. The predicted octanol–water partition coefficient (Wildman–Crippen LogP) is 10.7. The summed E-state index contributed by atoms with van der Waals surface area (Å²) < 4.78 is 138. The average molecular weight is 685 g/mol. The lowest BCUT2D eigenvalue weighted by Gasteiger charge is -2.39. The van der Waals surface area contributed by atoms with Gasteiger partial charge < -0.3 is 0 Å². The van der Waals surface area contributed by atoms with E-state index in [1.54, 1.807) is 0 Å². The van der Waals surface area contributed by atoms with E-state index in [1.165, 1.54) is 0 Å². The second-order valence-corrected chi connectivity index (χ2v) is 16.8. The van der Waals surface area contributed by atoms with Crippen molar-refractivity contribution in [1.29, 1.82) is 0 Å². The van der Waals surface area contributed by atoms with E-state index in [-0.39, 0.29) is 23.7 Å². The Bertz CT molecular complexity index is 1270. The van der Waals surface area contributed by atoms with Gasteiger partial charge in [0.15, 0.2) is 0 Å². The first-order chi connectivity index (χ1) is 21.2. The first kappa shape index (κ1) is 35.2. The molecule has 1 N–H and O–H groups in total. The molecule has 5 rings (SSSR count). The van der Waals surface area contributed by atoms with E-state index in [4.69, 9.17) is 4.55 Å². The largest absolute Gasteiger partial charge is 0.439 e. The van der Waals surface area contributed by atoms with E-state index < -0.39 is 42.2 Å². The second-order valence-electron chi connectivity index (χ2n) is 13.9. The summed E-state index contributed by atoms with van der Waals surface area (Å²) in [4.78, 5) is -0.437. The molecule has 0 heterocycles. The Morgan fingerprint density at radius 3 is 1.20 bits per heavy atom. The van der Waals surface area contributed by atoms with E-state index in [1.807, 2.05) is 0 Å². The molecule has 0 bridgehead atoms. The third-order valence-corrected chi connectivity index (χ3v) is 13.4. The first-order valence-corrected chi connectivity index (χ1v) is 19.5. The topological polar surface area (TPSA) is 71.4 Å². The van der Waals surface area contributed by atoms with Crippen LogP contribution in [0.1, 0.15) is 174 Å². The summed E-state index contributed by atoms with van der Waals surface area (Å²) in [6, 6.07) is 2.11. The highest BCUT2D eigenvalue weighted by atomic mass is 32.2. The summed E-state index contributed by atoms with van der Waals surface area (Å²) in [7, 11) is -11.0. The molecule has 0 aliphatic heterocycles. The lowest BCUT2D eigenvalue weighted by atomic mass is 9.70. The van der Waals surface area contributed by atoms with Crippen molar-refractivity contribution in [2.45, 2.75) is 173 Å². The maximum Gasteiger partial charge on any atom is 0.439 e. The molecule has 1 aromatic carbocycles. The number of hydrogen-bond acceptors (Lipinski definition) is 3. The molecule has 1 atom stereocenters. The molecule has 4 nitrogen and oxygen atoms in total. The Balaban J connectivity index is 1.83. The smallest absolute Gasteiger partial charge is 0.281 e. The van der Waals surface area contributed by atoms with Gasteiger partial charge in [0.25, 0.3) is 0 Å². The molecule has 4 saturated carbocycles. The fourth-order valence-electron chi connectivity index (χ4n) is 8.63. The van der Waals surface area contributed by atoms with Crippen LogP contribution in [0.5, 0.6) is 0 Å². The third kappa shape index (κ3) is 6.63. The van der Waals surface area contributed by atoms with Crippen molar-refractivity contribution in [1.82, 2.24) is 0 Å². The third-order valence-electron chi connectivity index (χ3n) is 11.0. The molecule has 0 radical (unpaired) electrons. The van der Waals surface area contributed by atoms with Crippen molar-refractivity contribution >= 4 is 20.9 Å². The quantitative estimate of drug-likeness (QED) is 0.208. The Kier molecular flexibility index (Phi) is 10.8. The van der Waals surface area contributed by atoms with Gasteiger partial charge in [0.2, 0.25) is 0 Å². The van der Waals surface area contributed by atoms with Crippen LogP contribution in [-0.2, 0) is 20.9 Å². The van der Waals surface area contributed by atoms with Gasteiger partial charge in [-0.2, -0.15) is 34.8 Å². The van der Waals surface area contributed by atoms with Crippen molar-refractivity contribution in [3.8, 4) is 0 Å². The SMILES string of the molecule is O=S(c1c(C2CCCCC2)c(C2CCCCC2)cc(C2CCCCC2)c1C1CCCCC1)C(F)(F)C(F)(F)C(F)(F)S(=O)(=O)O. The predicted molar refractivity (Wildman–Crippen MR) is 163 cm³/mol. The standard InChI is InChI=1S/C33H46F6O4S2/c34-31(35,33(38,39)45(41,42)43)32(36,37)44(40)30-28(24-17-9-3-10-18-24)26(22-13-5-1-6-14-22)21-27(23-15-7-2-8-16-23)29(30)25-19-11-4-12-20-25/h21-25H,1-20H2,(H,41,42,43). The van der Waals surface area contributed by atoms with Crippen LogP contribution in [-0.4, -0.2) is 33.6 Å². The van der Waals surface area contributed by atoms with Crippen molar-refractivity contribution in [2.24, 2.45) is 0 Å². The van der Waals surface area contributed by atoms with Gasteiger partial charge in [-0.25, -0.2) is 4.21 Å². The van der Waals surface area contributed by atoms with Crippen molar-refractivity contribution in [3.05, 3.63) is 28.3 Å². The van der Waals surface area contributed by atoms with E-state index in [0.29, 0.717) is 36.8 Å². The number of halogens is 6. The van der Waals surface area contributed by atoms with Crippen molar-refractivity contribution < 1.29 is 43.5 Å². The zero-order chi connectivity index (χ0) is 32.6. The van der Waals surface area contributed by atoms with Crippen molar-refractivity contribution in [2.75, 3.05) is 0 Å². The van der Waals surface area contributed by atoms with E-state index in [9.17, 15) is 21.4 Å². The van der Waals surface area contributed by atoms with Crippen LogP contribution in [0, 0.1) is 0 Å². The van der Waals surface area contributed by atoms with Gasteiger partial charge in [0, 0.05) is 0 Å². The summed E-state index contributed by atoms with van der Waals surface area (Å²) in [5.41, 5.74) is 2.24. The van der Waals surface area contributed by atoms with E-state index in [2.05, 4.69) is 6.07 Å². The van der Waals surface area contributed by atoms with Gasteiger partial charge in [-0.15, -0.1) is 0 Å². The van der Waals surface area contributed by atoms with Crippen LogP contribution in [0.4, 0.5) is 26.3 Å². The lowest BCUT2D eigenvalue weighted by Crippen LogP contribution is -2.59. The molecule has 4 aliphatic carbocycles. The van der Waals surface area contributed by atoms with Gasteiger partial charge >= 0.3 is 26.5 Å². The lowest BCUT2D eigenvalue weighted by molar-refractivity contribution is -0.244. The summed E-state index contributed by atoms with van der Waals surface area (Å²) in [5.74, 6) is -7.43. The monoisotopic (exact) mass is 684 g/mol. The molecule has 0 amide bonds. The van der Waals surface area contributed by atoms with Crippen LogP contribution in [0.2, 0.25) is 0 Å².